The molecule has 0 radical (unpaired) electrons. The van der Waals surface area contributed by atoms with Gasteiger partial charge < -0.3 is 5.73 Å². The smallest absolute Gasteiger partial charge is 0.164 e. The zero-order valence-electron chi connectivity index (χ0n) is 10.7. The molecule has 0 spiro atoms. The first-order valence-corrected chi connectivity index (χ1v) is 6.48. The second kappa shape index (κ2) is 5.20. The number of hydrogen-bond acceptors (Lipinski definition) is 3. The molecule has 0 unspecified atom stereocenters. The molecule has 0 bridgehead atoms. The molecule has 0 fully saturated rings. The Labute approximate surface area is 111 Å². The Balaban J connectivity index is 2.19. The van der Waals surface area contributed by atoms with Crippen LogP contribution in [-0.4, -0.2) is 21.1 Å². The number of fused-ring (bicyclic) bond motifs is 1. The maximum atomic E-state index is 5.61. The average Bonchev–Trinajstić information content (AvgIpc) is 2.84. The predicted molar refractivity (Wildman–Crippen MR) is 76.2 cm³/mol. The van der Waals surface area contributed by atoms with Gasteiger partial charge in [0.05, 0.1) is 0 Å². The van der Waals surface area contributed by atoms with Gasteiger partial charge in [-0.2, -0.15) is 0 Å². The number of aryl methyl sites for hydroxylation is 1. The van der Waals surface area contributed by atoms with Crippen LogP contribution < -0.4 is 5.73 Å². The minimum Gasteiger partial charge on any atom is -0.330 e. The van der Waals surface area contributed by atoms with E-state index in [9.17, 15) is 0 Å². The van der Waals surface area contributed by atoms with Crippen molar-refractivity contribution in [3.05, 3.63) is 54.5 Å². The van der Waals surface area contributed by atoms with Crippen molar-refractivity contribution in [2.45, 2.75) is 12.8 Å². The van der Waals surface area contributed by atoms with Crippen LogP contribution in [0, 0.1) is 0 Å². The monoisotopic (exact) mass is 252 g/mol. The summed E-state index contributed by atoms with van der Waals surface area (Å²) in [7, 11) is 0. The Bertz CT molecular complexity index is 673. The molecule has 4 nitrogen and oxygen atoms in total. The lowest BCUT2D eigenvalue weighted by molar-refractivity contribution is 0.769. The van der Waals surface area contributed by atoms with Crippen LogP contribution in [0.4, 0.5) is 0 Å². The number of hydrogen-bond donors (Lipinski definition) is 1. The highest BCUT2D eigenvalue weighted by Gasteiger charge is 2.12. The molecule has 0 amide bonds. The lowest BCUT2D eigenvalue weighted by Crippen LogP contribution is -2.06. The molecular weight excluding hydrogens is 236 g/mol. The maximum absolute atomic E-state index is 5.61. The van der Waals surface area contributed by atoms with Crippen molar-refractivity contribution in [1.29, 1.82) is 0 Å². The van der Waals surface area contributed by atoms with Crippen LogP contribution in [0.1, 0.15) is 12.2 Å². The van der Waals surface area contributed by atoms with E-state index in [-0.39, 0.29) is 0 Å². The van der Waals surface area contributed by atoms with Crippen molar-refractivity contribution >= 4 is 11.2 Å². The number of aromatic nitrogens is 3. The highest BCUT2D eigenvalue weighted by molar-refractivity contribution is 5.73. The van der Waals surface area contributed by atoms with Gasteiger partial charge in [-0.25, -0.2) is 9.97 Å². The molecule has 4 heteroatoms. The van der Waals surface area contributed by atoms with Crippen LogP contribution in [0.25, 0.3) is 16.9 Å². The normalized spacial score (nSPS) is 11.0. The molecule has 3 rings (SSSR count). The number of rotatable bonds is 4. The van der Waals surface area contributed by atoms with Crippen LogP contribution in [-0.2, 0) is 6.42 Å². The van der Waals surface area contributed by atoms with Crippen LogP contribution in [0.15, 0.2) is 48.7 Å². The van der Waals surface area contributed by atoms with Gasteiger partial charge >= 0.3 is 0 Å². The summed E-state index contributed by atoms with van der Waals surface area (Å²) in [5, 5.41) is 0. The van der Waals surface area contributed by atoms with Crippen LogP contribution in [0.5, 0.6) is 0 Å². The maximum Gasteiger partial charge on any atom is 0.164 e. The van der Waals surface area contributed by atoms with Gasteiger partial charge in [0.25, 0.3) is 0 Å². The van der Waals surface area contributed by atoms with Crippen molar-refractivity contribution in [1.82, 2.24) is 14.5 Å². The quantitative estimate of drug-likeness (QED) is 0.775. The number of pyridine rings is 1. The third-order valence-electron chi connectivity index (χ3n) is 3.10. The summed E-state index contributed by atoms with van der Waals surface area (Å²) in [6.45, 7) is 0.672. The average molecular weight is 252 g/mol. The molecule has 0 saturated carbocycles. The SMILES string of the molecule is NCCCc1nc2cccnc2n1-c1ccccc1. The highest BCUT2D eigenvalue weighted by Crippen LogP contribution is 2.20. The first kappa shape index (κ1) is 11.9. The van der Waals surface area contributed by atoms with E-state index in [0.29, 0.717) is 6.54 Å². The van der Waals surface area contributed by atoms with Gasteiger partial charge in [0.2, 0.25) is 0 Å². The molecule has 1 aromatic carbocycles. The van der Waals surface area contributed by atoms with E-state index in [0.717, 1.165) is 35.5 Å². The largest absolute Gasteiger partial charge is 0.330 e. The molecule has 2 heterocycles. The first-order valence-electron chi connectivity index (χ1n) is 6.48. The summed E-state index contributed by atoms with van der Waals surface area (Å²) in [4.78, 5) is 9.13. The molecule has 96 valence electrons. The van der Waals surface area contributed by atoms with Crippen molar-refractivity contribution in [3.63, 3.8) is 0 Å². The number of nitrogens with zero attached hydrogens (tertiary/aromatic N) is 3. The van der Waals surface area contributed by atoms with Gasteiger partial charge in [0.15, 0.2) is 5.65 Å². The van der Waals surface area contributed by atoms with Crippen LogP contribution in [0.3, 0.4) is 0 Å². The summed E-state index contributed by atoms with van der Waals surface area (Å²) in [5.74, 6) is 1.02. The predicted octanol–water partition coefficient (Wildman–Crippen LogP) is 2.31. The zero-order valence-corrected chi connectivity index (χ0v) is 10.7. The molecule has 19 heavy (non-hydrogen) atoms. The summed E-state index contributed by atoms with van der Waals surface area (Å²) in [6.07, 6.45) is 3.59. The van der Waals surface area contributed by atoms with Crippen LogP contribution >= 0.6 is 0 Å². The molecule has 0 aliphatic heterocycles. The fraction of sp³-hybridized carbons (Fsp3) is 0.200. The van der Waals surface area contributed by atoms with Gasteiger partial charge in [-0.15, -0.1) is 0 Å². The van der Waals surface area contributed by atoms with Crippen molar-refractivity contribution in [2.24, 2.45) is 5.73 Å². The number of imidazole rings is 1. The molecular formula is C15H16N4. The van der Waals surface area contributed by atoms with Gasteiger partial charge in [0, 0.05) is 18.3 Å². The van der Waals surface area contributed by atoms with Gasteiger partial charge in [-0.3, -0.25) is 4.57 Å². The first-order chi connectivity index (χ1) is 9.40. The molecule has 3 aromatic rings. The fourth-order valence-electron chi connectivity index (χ4n) is 2.24. The molecule has 0 aliphatic rings. The molecule has 0 atom stereocenters. The third kappa shape index (κ3) is 2.22. The fourth-order valence-corrected chi connectivity index (χ4v) is 2.24. The standard InChI is InChI=1S/C15H16N4/c16-10-4-9-14-18-13-8-5-11-17-15(13)19(14)12-6-2-1-3-7-12/h1-3,5-8,11H,4,9-10,16H2. The lowest BCUT2D eigenvalue weighted by Gasteiger charge is -2.07. The summed E-state index contributed by atoms with van der Waals surface area (Å²) in [5.41, 5.74) is 8.53. The Morgan fingerprint density at radius 2 is 1.89 bits per heavy atom. The third-order valence-corrected chi connectivity index (χ3v) is 3.10. The minimum atomic E-state index is 0.672. The van der Waals surface area contributed by atoms with Gasteiger partial charge in [-0.05, 0) is 37.2 Å². The Kier molecular flexibility index (Phi) is 3.25. The minimum absolute atomic E-state index is 0.672. The molecule has 2 N–H and O–H groups in total. The number of benzene rings is 1. The highest BCUT2D eigenvalue weighted by atomic mass is 15.1. The molecule has 0 aliphatic carbocycles. The van der Waals surface area contributed by atoms with Crippen LogP contribution in [0.2, 0.25) is 0 Å². The van der Waals surface area contributed by atoms with E-state index in [1.54, 1.807) is 6.20 Å². The summed E-state index contributed by atoms with van der Waals surface area (Å²) < 4.78 is 2.12. The summed E-state index contributed by atoms with van der Waals surface area (Å²) in [6, 6.07) is 14.1. The topological polar surface area (TPSA) is 56.7 Å². The van der Waals surface area contributed by atoms with Crippen molar-refractivity contribution in [3.8, 4) is 5.69 Å². The van der Waals surface area contributed by atoms with E-state index >= 15 is 0 Å². The number of para-hydroxylation sites is 1. The molecule has 0 saturated heterocycles. The van der Waals surface area contributed by atoms with E-state index < -0.39 is 0 Å². The van der Waals surface area contributed by atoms with Crippen molar-refractivity contribution in [2.75, 3.05) is 6.54 Å². The van der Waals surface area contributed by atoms with E-state index in [1.807, 2.05) is 30.3 Å². The van der Waals surface area contributed by atoms with E-state index in [1.165, 1.54) is 0 Å². The Morgan fingerprint density at radius 1 is 1.05 bits per heavy atom. The van der Waals surface area contributed by atoms with Crippen molar-refractivity contribution < 1.29 is 0 Å². The second-order valence-electron chi connectivity index (χ2n) is 4.44. The van der Waals surface area contributed by atoms with Gasteiger partial charge in [0.1, 0.15) is 11.3 Å². The van der Waals surface area contributed by atoms with E-state index in [4.69, 9.17) is 5.73 Å². The summed E-state index contributed by atoms with van der Waals surface area (Å²) >= 11 is 0. The van der Waals surface area contributed by atoms with Gasteiger partial charge in [-0.1, -0.05) is 18.2 Å². The molecule has 2 aromatic heterocycles. The van der Waals surface area contributed by atoms with E-state index in [2.05, 4.69) is 26.7 Å². The second-order valence-corrected chi connectivity index (χ2v) is 4.44. The lowest BCUT2D eigenvalue weighted by atomic mass is 10.2. The Morgan fingerprint density at radius 3 is 2.68 bits per heavy atom. The number of nitrogens with two attached hydrogens (primary N) is 1. The zero-order chi connectivity index (χ0) is 13.1. The Hall–Kier alpha value is -2.20.